The number of hydrogen-bond donors (Lipinski definition) is 0. The van der Waals surface area contributed by atoms with E-state index in [1.54, 1.807) is 0 Å². The summed E-state index contributed by atoms with van der Waals surface area (Å²) >= 11 is 0. The maximum Gasteiger partial charge on any atom is 3.00 e. The molecule has 6 rings (SSSR count). The van der Waals surface area contributed by atoms with Crippen molar-refractivity contribution >= 4 is 33.1 Å². The van der Waals surface area contributed by atoms with Crippen LogP contribution in [-0.4, -0.2) is 21.5 Å². The van der Waals surface area contributed by atoms with Crippen LogP contribution < -0.4 is 0 Å². The van der Waals surface area contributed by atoms with Crippen molar-refractivity contribution < 1.29 is 29.7 Å². The van der Waals surface area contributed by atoms with Crippen LogP contribution in [0.1, 0.15) is 25.2 Å². The molecule has 0 amide bonds. The molecule has 0 saturated carbocycles. The van der Waals surface area contributed by atoms with Gasteiger partial charge in [0.15, 0.2) is 17.0 Å². The number of carbonyl (C=O) groups is 2. The van der Waals surface area contributed by atoms with Crippen LogP contribution in [0.5, 0.6) is 0 Å². The summed E-state index contributed by atoms with van der Waals surface area (Å²) in [7, 11) is 0. The Morgan fingerprint density at radius 2 is 0.875 bits per heavy atom. The van der Waals surface area contributed by atoms with E-state index in [1.807, 2.05) is 121 Å². The molecule has 4 nitrogen and oxygen atoms in total. The molecule has 0 unspecified atom stereocenters. The summed E-state index contributed by atoms with van der Waals surface area (Å²) in [4.78, 5) is 37.7. The van der Waals surface area contributed by atoms with E-state index in [2.05, 4.69) is 0 Å². The van der Waals surface area contributed by atoms with Gasteiger partial charge in [0.2, 0.25) is 0 Å². The molecule has 0 bridgehead atoms. The summed E-state index contributed by atoms with van der Waals surface area (Å²) in [5.74, 6) is -0.642. The van der Waals surface area contributed by atoms with Gasteiger partial charge in [-0.1, -0.05) is 109 Å². The second-order valence-electron chi connectivity index (χ2n) is 9.75. The standard InChI is InChI=1S/C35H26N2O2.Ir/c1-23(38)35(24(2)39,31-21-27-17-9-11-19-29(27)33(36-31)25-13-5-3-6-14-25)32-22-28-18-10-12-20-30(28)34(37-32)26-15-7-4-8-16-26;/h3-22H,1-2H3;/q;+3. The van der Waals surface area contributed by atoms with Crippen LogP contribution in [0.25, 0.3) is 44.1 Å². The average Bonchev–Trinajstić information content (AvgIpc) is 2.97. The van der Waals surface area contributed by atoms with E-state index in [0.717, 1.165) is 44.1 Å². The molecule has 2 heterocycles. The van der Waals surface area contributed by atoms with Gasteiger partial charge in [-0.15, -0.1) is 0 Å². The van der Waals surface area contributed by atoms with Gasteiger partial charge < -0.3 is 0 Å². The first kappa shape index (κ1) is 27.3. The van der Waals surface area contributed by atoms with E-state index in [-0.39, 0.29) is 31.7 Å². The van der Waals surface area contributed by atoms with E-state index < -0.39 is 5.41 Å². The molecule has 5 heteroatoms. The summed E-state index contributed by atoms with van der Waals surface area (Å²) in [5.41, 5.74) is 2.34. The monoisotopic (exact) mass is 699 g/mol. The summed E-state index contributed by atoms with van der Waals surface area (Å²) in [6, 6.07) is 39.3. The molecule has 0 aliphatic rings. The largest absolute Gasteiger partial charge is 3.00 e. The van der Waals surface area contributed by atoms with Crippen LogP contribution >= 0.6 is 0 Å². The second-order valence-corrected chi connectivity index (χ2v) is 9.75. The van der Waals surface area contributed by atoms with Crippen LogP contribution in [-0.2, 0) is 35.1 Å². The first-order valence-corrected chi connectivity index (χ1v) is 12.9. The van der Waals surface area contributed by atoms with Gasteiger partial charge in [0.1, 0.15) is 0 Å². The zero-order valence-electron chi connectivity index (χ0n) is 22.1. The van der Waals surface area contributed by atoms with Crippen molar-refractivity contribution in [3.8, 4) is 22.5 Å². The third-order valence-corrected chi connectivity index (χ3v) is 7.40. The Bertz CT molecular complexity index is 1730. The van der Waals surface area contributed by atoms with Gasteiger partial charge in [0, 0.05) is 21.9 Å². The topological polar surface area (TPSA) is 59.9 Å². The summed E-state index contributed by atoms with van der Waals surface area (Å²) in [5, 5.41) is 3.70. The Kier molecular flexibility index (Phi) is 7.53. The number of pyridine rings is 2. The van der Waals surface area contributed by atoms with Gasteiger partial charge in [-0.3, -0.25) is 19.6 Å². The van der Waals surface area contributed by atoms with Crippen molar-refractivity contribution in [1.82, 2.24) is 9.97 Å². The zero-order valence-corrected chi connectivity index (χ0v) is 24.5. The molecule has 4 aromatic carbocycles. The fraction of sp³-hybridized carbons (Fsp3) is 0.0857. The number of ketones is 2. The molecule has 0 radical (unpaired) electrons. The number of aromatic nitrogens is 2. The number of hydrogen-bond acceptors (Lipinski definition) is 4. The molecule has 2 aromatic heterocycles. The van der Waals surface area contributed by atoms with Crippen molar-refractivity contribution in [1.29, 1.82) is 0 Å². The van der Waals surface area contributed by atoms with Crippen LogP contribution in [0.3, 0.4) is 0 Å². The van der Waals surface area contributed by atoms with Crippen molar-refractivity contribution in [2.75, 3.05) is 0 Å². The van der Waals surface area contributed by atoms with E-state index in [9.17, 15) is 9.59 Å². The molecule has 0 spiro atoms. The molecule has 40 heavy (non-hydrogen) atoms. The molecular weight excluding hydrogens is 673 g/mol. The minimum atomic E-state index is -1.68. The molecule has 0 N–H and O–H groups in total. The van der Waals surface area contributed by atoms with Gasteiger partial charge in [-0.25, -0.2) is 0 Å². The average molecular weight is 699 g/mol. The minimum absolute atomic E-state index is 0. The number of benzene rings is 4. The van der Waals surface area contributed by atoms with Crippen LogP contribution in [0.15, 0.2) is 121 Å². The zero-order chi connectivity index (χ0) is 27.0. The molecule has 0 fully saturated rings. The maximum atomic E-state index is 13.8. The molecule has 0 aliphatic carbocycles. The Hall–Kier alpha value is -4.31. The maximum absolute atomic E-state index is 13.8. The Morgan fingerprint density at radius 3 is 1.25 bits per heavy atom. The first-order chi connectivity index (χ1) is 19.0. The smallest absolute Gasteiger partial charge is 0.298 e. The van der Waals surface area contributed by atoms with Crippen molar-refractivity contribution in [3.05, 3.63) is 133 Å². The fourth-order valence-corrected chi connectivity index (χ4v) is 5.51. The normalized spacial score (nSPS) is 11.2. The quantitative estimate of drug-likeness (QED) is 0.169. The summed E-state index contributed by atoms with van der Waals surface area (Å²) in [6.07, 6.45) is 0. The van der Waals surface area contributed by atoms with Gasteiger partial charge >= 0.3 is 20.1 Å². The van der Waals surface area contributed by atoms with E-state index in [1.165, 1.54) is 13.8 Å². The minimum Gasteiger partial charge on any atom is -0.298 e. The SMILES string of the molecule is CC(=O)C(C(C)=O)(c1cc2ccccc2c(-c2ccccc2)n1)c1cc2ccccc2c(-c2ccccc2)n1.[Ir+3]. The van der Waals surface area contributed by atoms with E-state index >= 15 is 0 Å². The number of Topliss-reactive ketones (excluding diaryl/α,β-unsaturated/α-hetero) is 2. The number of nitrogens with zero attached hydrogens (tertiary/aromatic N) is 2. The molecular formula is C35H26IrN2O2+3. The Morgan fingerprint density at radius 1 is 0.525 bits per heavy atom. The number of carbonyl (C=O) groups excluding carboxylic acids is 2. The Balaban J connectivity index is 0.00000323. The predicted molar refractivity (Wildman–Crippen MR) is 156 cm³/mol. The third-order valence-electron chi connectivity index (χ3n) is 7.40. The predicted octanol–water partition coefficient (Wildman–Crippen LogP) is 7.58. The molecule has 0 atom stereocenters. The van der Waals surface area contributed by atoms with Crippen molar-refractivity contribution in [2.45, 2.75) is 19.3 Å². The van der Waals surface area contributed by atoms with E-state index in [0.29, 0.717) is 11.4 Å². The molecule has 194 valence electrons. The molecule has 0 aliphatic heterocycles. The summed E-state index contributed by atoms with van der Waals surface area (Å²) in [6.45, 7) is 2.92. The van der Waals surface area contributed by atoms with Gasteiger partial charge in [-0.2, -0.15) is 0 Å². The van der Waals surface area contributed by atoms with Crippen LogP contribution in [0, 0.1) is 0 Å². The molecule has 0 saturated heterocycles. The Labute approximate surface area is 246 Å². The van der Waals surface area contributed by atoms with Crippen LogP contribution in [0.4, 0.5) is 0 Å². The second kappa shape index (κ2) is 11.1. The van der Waals surface area contributed by atoms with Crippen molar-refractivity contribution in [3.63, 3.8) is 0 Å². The third kappa shape index (κ3) is 4.48. The van der Waals surface area contributed by atoms with Gasteiger partial charge in [0.05, 0.1) is 22.8 Å². The van der Waals surface area contributed by atoms with Gasteiger partial charge in [0.25, 0.3) is 0 Å². The summed E-state index contributed by atoms with van der Waals surface area (Å²) < 4.78 is 0. The van der Waals surface area contributed by atoms with Crippen LogP contribution in [0.2, 0.25) is 0 Å². The number of fused-ring (bicyclic) bond motifs is 2. The van der Waals surface area contributed by atoms with E-state index in [4.69, 9.17) is 9.97 Å². The van der Waals surface area contributed by atoms with Gasteiger partial charge in [-0.05, 0) is 36.8 Å². The fourth-order valence-electron chi connectivity index (χ4n) is 5.51. The van der Waals surface area contributed by atoms with Crippen molar-refractivity contribution in [2.24, 2.45) is 0 Å². The number of rotatable bonds is 6. The molecule has 6 aromatic rings. The first-order valence-electron chi connectivity index (χ1n) is 12.9.